The van der Waals surface area contributed by atoms with Crippen LogP contribution in [0.4, 0.5) is 0 Å². The topological polar surface area (TPSA) is 100 Å². The van der Waals surface area contributed by atoms with Crippen LogP contribution in [0.25, 0.3) is 0 Å². The number of methoxy groups -OCH3 is 1. The molecule has 1 aliphatic heterocycles. The smallest absolute Gasteiger partial charge is 0.329 e. The van der Waals surface area contributed by atoms with Gasteiger partial charge < -0.3 is 23.8 Å². The molecule has 0 saturated heterocycles. The summed E-state index contributed by atoms with van der Waals surface area (Å²) in [5, 5.41) is 0. The van der Waals surface area contributed by atoms with Gasteiger partial charge in [0.15, 0.2) is 23.4 Å². The molecule has 1 aromatic heterocycles. The summed E-state index contributed by atoms with van der Waals surface area (Å²) in [4.78, 5) is 37.7. The molecule has 0 unspecified atom stereocenters. The van der Waals surface area contributed by atoms with Crippen molar-refractivity contribution in [1.82, 2.24) is 14.9 Å². The van der Waals surface area contributed by atoms with E-state index in [9.17, 15) is 9.59 Å². The predicted octanol–water partition coefficient (Wildman–Crippen LogP) is 4.58. The quantitative estimate of drug-likeness (QED) is 0.341. The van der Waals surface area contributed by atoms with Crippen molar-refractivity contribution in [3.8, 4) is 11.5 Å². The fraction of sp³-hybridized carbons (Fsp3) is 0.419. The highest BCUT2D eigenvalue weighted by Gasteiger charge is 2.41. The van der Waals surface area contributed by atoms with E-state index in [0.29, 0.717) is 17.3 Å². The summed E-state index contributed by atoms with van der Waals surface area (Å²) in [5.74, 6) is 0.845. The van der Waals surface area contributed by atoms with E-state index >= 15 is 0 Å². The van der Waals surface area contributed by atoms with Crippen molar-refractivity contribution in [2.75, 3.05) is 13.7 Å². The lowest BCUT2D eigenvalue weighted by atomic mass is 9.91. The van der Waals surface area contributed by atoms with Crippen molar-refractivity contribution in [3.05, 3.63) is 83.4 Å². The molecule has 0 N–H and O–H groups in total. The Morgan fingerprint density at radius 3 is 2.48 bits per heavy atom. The molecular weight excluding hydrogens is 510 g/mol. The summed E-state index contributed by atoms with van der Waals surface area (Å²) in [6, 6.07) is 14.1. The number of carbonyl (C=O) groups excluding carboxylic acids is 2. The van der Waals surface area contributed by atoms with Gasteiger partial charge in [-0.05, 0) is 43.0 Å². The lowest BCUT2D eigenvalue weighted by molar-refractivity contribution is -0.163. The van der Waals surface area contributed by atoms with Gasteiger partial charge >= 0.3 is 5.97 Å². The molecule has 0 radical (unpaired) electrons. The number of carbonyl (C=O) groups is 2. The molecule has 5 rings (SSSR count). The highest BCUT2D eigenvalue weighted by atomic mass is 16.5. The molecule has 1 fully saturated rings. The first kappa shape index (κ1) is 27.6. The monoisotopic (exact) mass is 545 g/mol. The molecule has 0 spiro atoms. The second-order valence-corrected chi connectivity index (χ2v) is 9.96. The molecule has 210 valence electrons. The van der Waals surface area contributed by atoms with Crippen LogP contribution in [0.5, 0.6) is 11.5 Å². The number of hydrogen-bond donors (Lipinski definition) is 0. The zero-order valence-corrected chi connectivity index (χ0v) is 23.0. The second kappa shape index (κ2) is 12.9. The summed E-state index contributed by atoms with van der Waals surface area (Å²) in [5.41, 5.74) is 2.44. The SMILES string of the molecule is CCOC(=O)[C@@H]1Cc2c(ccc(OC)c2OCc2ncccn2)CN1C(=O)[C@@H](OC1CCCC1)c1ccccc1. The first-order chi connectivity index (χ1) is 19.6. The van der Waals surface area contributed by atoms with E-state index in [-0.39, 0.29) is 38.2 Å². The summed E-state index contributed by atoms with van der Waals surface area (Å²) >= 11 is 0. The van der Waals surface area contributed by atoms with Crippen LogP contribution in [0.1, 0.15) is 61.2 Å². The highest BCUT2D eigenvalue weighted by Crippen LogP contribution is 2.40. The molecule has 2 aliphatic rings. The number of rotatable bonds is 10. The standard InChI is InChI=1S/C31H35N3O6/c1-3-38-31(36)25-18-24-22(14-15-26(37-2)29(24)39-20-27-32-16-9-17-33-27)19-34(25)30(35)28(21-10-5-4-6-11-21)40-23-12-7-8-13-23/h4-6,9-11,14-17,23,25,28H,3,7-8,12-13,18-20H2,1-2H3/t25-,28-/m0/s1. The Morgan fingerprint density at radius 1 is 1.02 bits per heavy atom. The van der Waals surface area contributed by atoms with Crippen LogP contribution in [0.15, 0.2) is 60.9 Å². The molecule has 1 aliphatic carbocycles. The Kier molecular flexibility index (Phi) is 8.91. The van der Waals surface area contributed by atoms with Gasteiger partial charge in [-0.2, -0.15) is 0 Å². The average Bonchev–Trinajstić information content (AvgIpc) is 3.52. The van der Waals surface area contributed by atoms with Crippen LogP contribution in [-0.4, -0.2) is 52.6 Å². The van der Waals surface area contributed by atoms with Crippen molar-refractivity contribution >= 4 is 11.9 Å². The Labute approximate surface area is 234 Å². The summed E-state index contributed by atoms with van der Waals surface area (Å²) in [6.07, 6.45) is 6.74. The predicted molar refractivity (Wildman–Crippen MR) is 147 cm³/mol. The molecule has 0 bridgehead atoms. The maximum atomic E-state index is 14.3. The van der Waals surface area contributed by atoms with E-state index in [1.807, 2.05) is 42.5 Å². The van der Waals surface area contributed by atoms with Crippen LogP contribution in [0, 0.1) is 0 Å². The van der Waals surface area contributed by atoms with E-state index < -0.39 is 18.1 Å². The van der Waals surface area contributed by atoms with Crippen LogP contribution in [-0.2, 0) is 38.6 Å². The number of aromatic nitrogens is 2. The van der Waals surface area contributed by atoms with E-state index in [1.165, 1.54) is 0 Å². The van der Waals surface area contributed by atoms with Gasteiger partial charge in [0.05, 0.1) is 19.8 Å². The van der Waals surface area contributed by atoms with Crippen molar-refractivity contribution in [3.63, 3.8) is 0 Å². The summed E-state index contributed by atoms with van der Waals surface area (Å²) < 4.78 is 23.7. The van der Waals surface area contributed by atoms with Gasteiger partial charge in [0.2, 0.25) is 0 Å². The molecule has 1 amide bonds. The summed E-state index contributed by atoms with van der Waals surface area (Å²) in [7, 11) is 1.57. The maximum absolute atomic E-state index is 14.3. The number of benzene rings is 2. The maximum Gasteiger partial charge on any atom is 0.329 e. The third-order valence-electron chi connectivity index (χ3n) is 7.42. The molecule has 2 atom stereocenters. The van der Waals surface area contributed by atoms with Gasteiger partial charge in [0.1, 0.15) is 12.6 Å². The minimum Gasteiger partial charge on any atom is -0.493 e. The van der Waals surface area contributed by atoms with Crippen LogP contribution in [0.3, 0.4) is 0 Å². The van der Waals surface area contributed by atoms with Gasteiger partial charge in [0.25, 0.3) is 5.91 Å². The number of esters is 1. The largest absolute Gasteiger partial charge is 0.493 e. The Balaban J connectivity index is 1.49. The Hall–Kier alpha value is -3.98. The highest BCUT2D eigenvalue weighted by molar-refractivity contribution is 5.89. The van der Waals surface area contributed by atoms with E-state index in [0.717, 1.165) is 42.4 Å². The fourth-order valence-corrected chi connectivity index (χ4v) is 5.43. The van der Waals surface area contributed by atoms with Crippen molar-refractivity contribution in [2.24, 2.45) is 0 Å². The van der Waals surface area contributed by atoms with E-state index in [4.69, 9.17) is 18.9 Å². The average molecular weight is 546 g/mol. The first-order valence-electron chi connectivity index (χ1n) is 13.8. The minimum absolute atomic E-state index is 0.0109. The van der Waals surface area contributed by atoms with E-state index in [1.54, 1.807) is 37.4 Å². The Morgan fingerprint density at radius 2 is 1.77 bits per heavy atom. The molecule has 9 nitrogen and oxygen atoms in total. The minimum atomic E-state index is -0.847. The Bertz CT molecular complexity index is 1300. The first-order valence-corrected chi connectivity index (χ1v) is 13.8. The number of fused-ring (bicyclic) bond motifs is 1. The third-order valence-corrected chi connectivity index (χ3v) is 7.42. The second-order valence-electron chi connectivity index (χ2n) is 9.96. The lowest BCUT2D eigenvalue weighted by Gasteiger charge is -2.38. The number of hydrogen-bond acceptors (Lipinski definition) is 8. The van der Waals surface area contributed by atoms with Crippen LogP contribution >= 0.6 is 0 Å². The van der Waals surface area contributed by atoms with Gasteiger partial charge in [-0.3, -0.25) is 4.79 Å². The summed E-state index contributed by atoms with van der Waals surface area (Å²) in [6.45, 7) is 2.30. The van der Waals surface area contributed by atoms with Crippen molar-refractivity contribution < 1.29 is 28.5 Å². The molecular formula is C31H35N3O6. The van der Waals surface area contributed by atoms with Gasteiger partial charge in [0, 0.05) is 30.9 Å². The van der Waals surface area contributed by atoms with Gasteiger partial charge in [-0.15, -0.1) is 0 Å². The number of ether oxygens (including phenoxy) is 4. The van der Waals surface area contributed by atoms with Gasteiger partial charge in [-0.25, -0.2) is 14.8 Å². The number of nitrogens with zero attached hydrogens (tertiary/aromatic N) is 3. The fourth-order valence-electron chi connectivity index (χ4n) is 5.43. The van der Waals surface area contributed by atoms with Gasteiger partial charge in [-0.1, -0.05) is 49.2 Å². The molecule has 40 heavy (non-hydrogen) atoms. The van der Waals surface area contributed by atoms with Crippen molar-refractivity contribution in [2.45, 2.75) is 70.4 Å². The van der Waals surface area contributed by atoms with E-state index in [2.05, 4.69) is 9.97 Å². The molecule has 3 aromatic rings. The molecule has 2 heterocycles. The van der Waals surface area contributed by atoms with Crippen molar-refractivity contribution in [1.29, 1.82) is 0 Å². The number of amides is 1. The zero-order chi connectivity index (χ0) is 27.9. The zero-order valence-electron chi connectivity index (χ0n) is 23.0. The molecule has 9 heteroatoms. The third kappa shape index (κ3) is 6.09. The lowest BCUT2D eigenvalue weighted by Crippen LogP contribution is -2.51. The van der Waals surface area contributed by atoms with Crippen LogP contribution < -0.4 is 9.47 Å². The molecule has 2 aromatic carbocycles. The normalized spacial score (nSPS) is 17.6. The molecule has 1 saturated carbocycles. The van der Waals surface area contributed by atoms with Crippen LogP contribution in [0.2, 0.25) is 0 Å².